The predicted octanol–water partition coefficient (Wildman–Crippen LogP) is 1.73. The molecule has 158 valence electrons. The molecular weight excluding hydrogens is 378 g/mol. The van der Waals surface area contributed by atoms with Crippen molar-refractivity contribution in [1.29, 1.82) is 0 Å². The van der Waals surface area contributed by atoms with Crippen molar-refractivity contribution >= 4 is 15.8 Å². The zero-order chi connectivity index (χ0) is 20.6. The molecule has 1 atom stereocenters. The molecule has 7 nitrogen and oxygen atoms in total. The molecule has 1 aliphatic rings. The van der Waals surface area contributed by atoms with Gasteiger partial charge in [-0.1, -0.05) is 12.1 Å². The second-order valence-corrected chi connectivity index (χ2v) is 9.77. The Balaban J connectivity index is 2.03. The van der Waals surface area contributed by atoms with Crippen LogP contribution in [0.2, 0.25) is 0 Å². The maximum absolute atomic E-state index is 11.4. The first-order valence-corrected chi connectivity index (χ1v) is 11.7. The summed E-state index contributed by atoms with van der Waals surface area (Å²) in [6.07, 6.45) is 3.65. The first kappa shape index (κ1) is 22.5. The van der Waals surface area contributed by atoms with Crippen LogP contribution >= 0.6 is 0 Å². The zero-order valence-electron chi connectivity index (χ0n) is 17.3. The van der Waals surface area contributed by atoms with Gasteiger partial charge in [0.25, 0.3) is 0 Å². The second kappa shape index (κ2) is 10.1. The normalized spacial score (nSPS) is 18.4. The smallest absolute Gasteiger partial charge is 0.191 e. The van der Waals surface area contributed by atoms with Crippen LogP contribution in [-0.4, -0.2) is 66.3 Å². The van der Waals surface area contributed by atoms with Crippen LogP contribution in [0.1, 0.15) is 31.7 Å². The number of benzene rings is 1. The van der Waals surface area contributed by atoms with Gasteiger partial charge in [-0.15, -0.1) is 0 Å². The van der Waals surface area contributed by atoms with Crippen molar-refractivity contribution < 1.29 is 17.9 Å². The number of aliphatic imine (C=N–C) groups is 1. The van der Waals surface area contributed by atoms with Crippen molar-refractivity contribution in [1.82, 2.24) is 10.6 Å². The van der Waals surface area contributed by atoms with E-state index in [2.05, 4.69) is 27.8 Å². The summed E-state index contributed by atoms with van der Waals surface area (Å²) in [4.78, 5) is 4.30. The van der Waals surface area contributed by atoms with E-state index in [0.717, 1.165) is 38.3 Å². The summed E-state index contributed by atoms with van der Waals surface area (Å²) in [5.41, 5.74) is 1.21. The quantitative estimate of drug-likeness (QED) is 0.500. The van der Waals surface area contributed by atoms with Gasteiger partial charge in [-0.3, -0.25) is 4.99 Å². The van der Waals surface area contributed by atoms with Gasteiger partial charge in [-0.25, -0.2) is 8.42 Å². The number of sulfone groups is 1. The summed E-state index contributed by atoms with van der Waals surface area (Å²) in [5.74, 6) is 1.68. The highest BCUT2D eigenvalue weighted by atomic mass is 32.2. The monoisotopic (exact) mass is 411 g/mol. The maximum atomic E-state index is 11.4. The Hall–Kier alpha value is -1.80. The largest absolute Gasteiger partial charge is 0.497 e. The predicted molar refractivity (Wildman–Crippen MR) is 113 cm³/mol. The number of hydrogen-bond donors (Lipinski definition) is 2. The first-order valence-electron chi connectivity index (χ1n) is 9.65. The molecule has 2 N–H and O–H groups in total. The van der Waals surface area contributed by atoms with E-state index in [1.54, 1.807) is 14.2 Å². The van der Waals surface area contributed by atoms with Crippen molar-refractivity contribution in [2.24, 2.45) is 4.99 Å². The fourth-order valence-corrected chi connectivity index (χ4v) is 4.20. The molecule has 1 unspecified atom stereocenters. The van der Waals surface area contributed by atoms with Crippen LogP contribution in [0.4, 0.5) is 0 Å². The average Bonchev–Trinajstić information content (AvgIpc) is 2.69. The average molecular weight is 412 g/mol. The van der Waals surface area contributed by atoms with Gasteiger partial charge in [0, 0.05) is 44.5 Å². The third kappa shape index (κ3) is 6.67. The number of nitrogens with one attached hydrogen (secondary N) is 2. The van der Waals surface area contributed by atoms with Crippen molar-refractivity contribution in [3.8, 4) is 5.75 Å². The SMILES string of the molecule is CN=C(NCC1(c2ccc(OC)cc2)CCOCC1)NC(C)CCS(C)(=O)=O. The second-order valence-electron chi connectivity index (χ2n) is 7.51. The molecule has 0 saturated carbocycles. The molecule has 28 heavy (non-hydrogen) atoms. The van der Waals surface area contributed by atoms with Crippen molar-refractivity contribution in [2.45, 2.75) is 37.6 Å². The van der Waals surface area contributed by atoms with Crippen LogP contribution in [0.3, 0.4) is 0 Å². The minimum atomic E-state index is -2.97. The minimum absolute atomic E-state index is 0.00699. The molecule has 1 saturated heterocycles. The van der Waals surface area contributed by atoms with Crippen LogP contribution in [-0.2, 0) is 20.0 Å². The lowest BCUT2D eigenvalue weighted by atomic mass is 9.74. The summed E-state index contributed by atoms with van der Waals surface area (Å²) >= 11 is 0. The minimum Gasteiger partial charge on any atom is -0.497 e. The molecule has 8 heteroatoms. The maximum Gasteiger partial charge on any atom is 0.191 e. The van der Waals surface area contributed by atoms with E-state index < -0.39 is 9.84 Å². The highest BCUT2D eigenvalue weighted by Crippen LogP contribution is 2.35. The summed E-state index contributed by atoms with van der Waals surface area (Å²) in [6.45, 7) is 4.14. The lowest BCUT2D eigenvalue weighted by Crippen LogP contribution is -2.49. The molecule has 0 amide bonds. The van der Waals surface area contributed by atoms with Crippen LogP contribution in [0.15, 0.2) is 29.3 Å². The fourth-order valence-electron chi connectivity index (χ4n) is 3.42. The summed E-state index contributed by atoms with van der Waals surface area (Å²) < 4.78 is 33.6. The van der Waals surface area contributed by atoms with Gasteiger partial charge >= 0.3 is 0 Å². The number of nitrogens with zero attached hydrogens (tertiary/aromatic N) is 1. The Morgan fingerprint density at radius 1 is 1.29 bits per heavy atom. The van der Waals surface area contributed by atoms with Crippen LogP contribution < -0.4 is 15.4 Å². The molecule has 0 radical (unpaired) electrons. The van der Waals surface area contributed by atoms with Crippen molar-refractivity contribution in [3.63, 3.8) is 0 Å². The Labute approximate surface area is 168 Å². The van der Waals surface area contributed by atoms with E-state index in [1.165, 1.54) is 11.8 Å². The topological polar surface area (TPSA) is 89.0 Å². The van der Waals surface area contributed by atoms with Crippen molar-refractivity contribution in [3.05, 3.63) is 29.8 Å². The van der Waals surface area contributed by atoms with Gasteiger partial charge in [-0.05, 0) is 43.9 Å². The standard InChI is InChI=1S/C20H33N3O4S/c1-16(9-14-28(4,24)25)23-19(21-2)22-15-20(10-12-27-13-11-20)17-5-7-18(26-3)8-6-17/h5-8,16H,9-15H2,1-4H3,(H2,21,22,23). The number of ether oxygens (including phenoxy) is 2. The molecule has 0 spiro atoms. The van der Waals surface area contributed by atoms with Gasteiger partial charge in [0.05, 0.1) is 12.9 Å². The molecule has 1 heterocycles. The van der Waals surface area contributed by atoms with E-state index in [-0.39, 0.29) is 17.2 Å². The van der Waals surface area contributed by atoms with Gasteiger partial charge in [0.15, 0.2) is 5.96 Å². The van der Waals surface area contributed by atoms with Crippen LogP contribution in [0, 0.1) is 0 Å². The Morgan fingerprint density at radius 3 is 2.46 bits per heavy atom. The highest BCUT2D eigenvalue weighted by molar-refractivity contribution is 7.90. The molecule has 0 bridgehead atoms. The van der Waals surface area contributed by atoms with Gasteiger partial charge < -0.3 is 20.1 Å². The molecule has 1 aromatic carbocycles. The molecular formula is C20H33N3O4S. The van der Waals surface area contributed by atoms with Crippen molar-refractivity contribution in [2.75, 3.05) is 45.9 Å². The molecule has 1 aliphatic heterocycles. The van der Waals surface area contributed by atoms with Gasteiger partial charge in [0.2, 0.25) is 0 Å². The summed E-state index contributed by atoms with van der Waals surface area (Å²) in [5, 5.41) is 6.73. The molecule has 2 rings (SSSR count). The molecule has 1 fully saturated rings. The Morgan fingerprint density at radius 2 is 1.93 bits per heavy atom. The highest BCUT2D eigenvalue weighted by Gasteiger charge is 2.34. The molecule has 0 aliphatic carbocycles. The number of rotatable bonds is 8. The molecule has 0 aromatic heterocycles. The Kier molecular flexibility index (Phi) is 8.12. The molecule has 1 aromatic rings. The Bertz CT molecular complexity index is 741. The van der Waals surface area contributed by atoms with E-state index in [0.29, 0.717) is 12.4 Å². The number of methoxy groups -OCH3 is 1. The van der Waals surface area contributed by atoms with Gasteiger partial charge in [-0.2, -0.15) is 0 Å². The van der Waals surface area contributed by atoms with Gasteiger partial charge in [0.1, 0.15) is 15.6 Å². The third-order valence-electron chi connectivity index (χ3n) is 5.27. The summed E-state index contributed by atoms with van der Waals surface area (Å²) in [6, 6.07) is 8.24. The van der Waals surface area contributed by atoms with E-state index >= 15 is 0 Å². The van der Waals surface area contributed by atoms with E-state index in [4.69, 9.17) is 9.47 Å². The number of guanidine groups is 1. The lowest BCUT2D eigenvalue weighted by Gasteiger charge is -2.38. The number of hydrogen-bond acceptors (Lipinski definition) is 5. The fraction of sp³-hybridized carbons (Fsp3) is 0.650. The van der Waals surface area contributed by atoms with Crippen LogP contribution in [0.25, 0.3) is 0 Å². The third-order valence-corrected chi connectivity index (χ3v) is 6.25. The van der Waals surface area contributed by atoms with Crippen LogP contribution in [0.5, 0.6) is 5.75 Å². The summed E-state index contributed by atoms with van der Waals surface area (Å²) in [7, 11) is 0.426. The van der Waals surface area contributed by atoms with E-state index in [1.807, 2.05) is 19.1 Å². The van der Waals surface area contributed by atoms with E-state index in [9.17, 15) is 8.42 Å². The first-order chi connectivity index (χ1) is 13.3. The lowest BCUT2D eigenvalue weighted by molar-refractivity contribution is 0.0513. The zero-order valence-corrected chi connectivity index (χ0v) is 18.1.